The highest BCUT2D eigenvalue weighted by Gasteiger charge is 2.47. The fraction of sp³-hybridized carbons (Fsp3) is 0.269. The Balaban J connectivity index is 1.50. The van der Waals surface area contributed by atoms with Gasteiger partial charge >= 0.3 is 0 Å². The number of aromatic nitrogens is 2. The Bertz CT molecular complexity index is 1310. The Hall–Kier alpha value is -3.99. The van der Waals surface area contributed by atoms with Gasteiger partial charge in [-0.3, -0.25) is 19.6 Å². The van der Waals surface area contributed by atoms with Crippen molar-refractivity contribution in [2.24, 2.45) is 0 Å². The molecule has 1 amide bonds. The first-order valence-corrected chi connectivity index (χ1v) is 10.9. The van der Waals surface area contributed by atoms with Gasteiger partial charge in [-0.05, 0) is 42.3 Å². The number of benzene rings is 1. The average molecular weight is 460 g/mol. The molecular formula is C26H22F2N4O2. The molecule has 8 heteroatoms. The van der Waals surface area contributed by atoms with Crippen LogP contribution in [0.2, 0.25) is 0 Å². The van der Waals surface area contributed by atoms with Crippen LogP contribution in [0.25, 0.3) is 23.1 Å². The van der Waals surface area contributed by atoms with Gasteiger partial charge in [0.15, 0.2) is 5.78 Å². The molecule has 1 aromatic carbocycles. The Morgan fingerprint density at radius 1 is 1.15 bits per heavy atom. The second-order valence-electron chi connectivity index (χ2n) is 8.35. The van der Waals surface area contributed by atoms with Gasteiger partial charge in [-0.2, -0.15) is 5.26 Å². The molecule has 0 spiro atoms. The van der Waals surface area contributed by atoms with Crippen LogP contribution in [0.5, 0.6) is 0 Å². The summed E-state index contributed by atoms with van der Waals surface area (Å²) in [4.78, 5) is 34.8. The molecule has 1 atom stereocenters. The van der Waals surface area contributed by atoms with Gasteiger partial charge in [0.05, 0.1) is 18.1 Å². The largest absolute Gasteiger partial charge is 0.320 e. The van der Waals surface area contributed by atoms with Crippen molar-refractivity contribution in [3.63, 3.8) is 0 Å². The number of halogens is 2. The molecular weight excluding hydrogens is 438 g/mol. The summed E-state index contributed by atoms with van der Waals surface area (Å²) in [5.74, 6) is -3.99. The fourth-order valence-electron chi connectivity index (χ4n) is 3.97. The number of aryl methyl sites for hydroxylation is 1. The third-order valence-corrected chi connectivity index (χ3v) is 5.77. The van der Waals surface area contributed by atoms with E-state index in [1.54, 1.807) is 18.3 Å². The summed E-state index contributed by atoms with van der Waals surface area (Å²) in [5.41, 5.74) is 3.78. The zero-order chi connectivity index (χ0) is 24.3. The van der Waals surface area contributed by atoms with Gasteiger partial charge < -0.3 is 4.90 Å². The number of hydrogen-bond donors (Lipinski definition) is 0. The summed E-state index contributed by atoms with van der Waals surface area (Å²) >= 11 is 0. The predicted octanol–water partition coefficient (Wildman–Crippen LogP) is 4.83. The van der Waals surface area contributed by atoms with Crippen LogP contribution in [-0.4, -0.2) is 45.1 Å². The van der Waals surface area contributed by atoms with E-state index >= 15 is 0 Å². The van der Waals surface area contributed by atoms with E-state index in [-0.39, 0.29) is 18.6 Å². The summed E-state index contributed by atoms with van der Waals surface area (Å²) in [6.45, 7) is 1.13. The molecule has 4 rings (SSSR count). The summed E-state index contributed by atoms with van der Waals surface area (Å²) in [6.07, 6.45) is 6.07. The number of alkyl halides is 2. The maximum absolute atomic E-state index is 13.6. The van der Waals surface area contributed by atoms with Crippen LogP contribution in [0, 0.1) is 18.3 Å². The molecule has 34 heavy (non-hydrogen) atoms. The zero-order valence-corrected chi connectivity index (χ0v) is 18.5. The molecule has 0 aliphatic carbocycles. The number of pyridine rings is 2. The smallest absolute Gasteiger partial charge is 0.268 e. The normalized spacial score (nSPS) is 17.2. The Labute approximate surface area is 195 Å². The van der Waals surface area contributed by atoms with Crippen molar-refractivity contribution in [1.82, 2.24) is 14.9 Å². The number of carbonyl (C=O) groups excluding carboxylic acids is 2. The number of Topliss-reactive ketones (excluding diaryl/α,β-unsaturated/α-hetero) is 1. The maximum atomic E-state index is 13.6. The molecule has 0 saturated carbocycles. The molecule has 172 valence electrons. The van der Waals surface area contributed by atoms with Crippen LogP contribution < -0.4 is 0 Å². The lowest BCUT2D eigenvalue weighted by molar-refractivity contribution is -0.132. The van der Waals surface area contributed by atoms with Crippen molar-refractivity contribution in [3.05, 3.63) is 71.2 Å². The number of fused-ring (bicyclic) bond motifs is 1. The quantitative estimate of drug-likeness (QED) is 0.492. The minimum absolute atomic E-state index is 0.146. The second kappa shape index (κ2) is 9.48. The van der Waals surface area contributed by atoms with Crippen LogP contribution in [0.15, 0.2) is 48.8 Å². The van der Waals surface area contributed by atoms with Crippen LogP contribution >= 0.6 is 0 Å². The SMILES string of the molecule is Cc1ccc(/C=C/c2ccc3nccc(C(=O)CCC(=O)N4CC(F)(F)C[C@H]4C#N)c3c2)cn1. The second-order valence-corrected chi connectivity index (χ2v) is 8.35. The van der Waals surface area contributed by atoms with E-state index in [9.17, 15) is 18.4 Å². The van der Waals surface area contributed by atoms with Crippen molar-refractivity contribution in [2.75, 3.05) is 6.54 Å². The lowest BCUT2D eigenvalue weighted by atomic mass is 10.00. The van der Waals surface area contributed by atoms with Crippen molar-refractivity contribution >= 4 is 34.7 Å². The van der Waals surface area contributed by atoms with Crippen molar-refractivity contribution in [3.8, 4) is 6.07 Å². The highest BCUT2D eigenvalue weighted by Crippen LogP contribution is 2.32. The highest BCUT2D eigenvalue weighted by atomic mass is 19.3. The van der Waals surface area contributed by atoms with Gasteiger partial charge in [0.1, 0.15) is 6.04 Å². The van der Waals surface area contributed by atoms with Crippen molar-refractivity contribution in [2.45, 2.75) is 38.2 Å². The van der Waals surface area contributed by atoms with Crippen LogP contribution in [0.4, 0.5) is 8.78 Å². The van der Waals surface area contributed by atoms with E-state index < -0.39 is 30.8 Å². The monoisotopic (exact) mass is 460 g/mol. The number of nitrogens with zero attached hydrogens (tertiary/aromatic N) is 4. The molecule has 0 radical (unpaired) electrons. The molecule has 0 bridgehead atoms. The summed E-state index contributed by atoms with van der Waals surface area (Å²) in [6, 6.07) is 11.6. The Kier molecular flexibility index (Phi) is 6.46. The van der Waals surface area contributed by atoms with E-state index in [0.29, 0.717) is 16.5 Å². The predicted molar refractivity (Wildman–Crippen MR) is 124 cm³/mol. The van der Waals surface area contributed by atoms with Gasteiger partial charge in [-0.1, -0.05) is 24.3 Å². The molecule has 3 aromatic rings. The number of likely N-dealkylation sites (tertiary alicyclic amines) is 1. The molecule has 1 fully saturated rings. The van der Waals surface area contributed by atoms with Crippen LogP contribution in [0.1, 0.15) is 46.4 Å². The Morgan fingerprint density at radius 2 is 1.91 bits per heavy atom. The van der Waals surface area contributed by atoms with Gasteiger partial charge in [-0.25, -0.2) is 8.78 Å². The average Bonchev–Trinajstić information content (AvgIpc) is 3.16. The Morgan fingerprint density at radius 3 is 2.65 bits per heavy atom. The lowest BCUT2D eigenvalue weighted by Gasteiger charge is -2.18. The molecule has 1 aliphatic heterocycles. The van der Waals surface area contributed by atoms with Gasteiger partial charge in [0.25, 0.3) is 5.92 Å². The van der Waals surface area contributed by atoms with Crippen LogP contribution in [0.3, 0.4) is 0 Å². The van der Waals surface area contributed by atoms with Gasteiger partial charge in [0.2, 0.25) is 5.91 Å². The number of carbonyl (C=O) groups is 2. The van der Waals surface area contributed by atoms with E-state index in [1.165, 1.54) is 6.20 Å². The zero-order valence-electron chi connectivity index (χ0n) is 18.5. The third-order valence-electron chi connectivity index (χ3n) is 5.77. The summed E-state index contributed by atoms with van der Waals surface area (Å²) < 4.78 is 27.3. The topological polar surface area (TPSA) is 87.0 Å². The first kappa shape index (κ1) is 23.2. The van der Waals surface area contributed by atoms with E-state index in [1.807, 2.05) is 49.4 Å². The number of rotatable bonds is 6. The lowest BCUT2D eigenvalue weighted by Crippen LogP contribution is -2.36. The molecule has 0 unspecified atom stereocenters. The van der Waals surface area contributed by atoms with E-state index in [0.717, 1.165) is 21.7 Å². The van der Waals surface area contributed by atoms with Gasteiger partial charge in [-0.15, -0.1) is 0 Å². The van der Waals surface area contributed by atoms with E-state index in [4.69, 9.17) is 5.26 Å². The molecule has 1 aliphatic rings. The minimum Gasteiger partial charge on any atom is -0.320 e. The third kappa shape index (κ3) is 5.15. The van der Waals surface area contributed by atoms with Crippen molar-refractivity contribution < 1.29 is 18.4 Å². The molecule has 2 aromatic heterocycles. The first-order chi connectivity index (χ1) is 16.3. The molecule has 0 N–H and O–H groups in total. The highest BCUT2D eigenvalue weighted by molar-refractivity contribution is 6.08. The van der Waals surface area contributed by atoms with Crippen LogP contribution in [-0.2, 0) is 4.79 Å². The first-order valence-electron chi connectivity index (χ1n) is 10.9. The number of hydrogen-bond acceptors (Lipinski definition) is 5. The molecule has 1 saturated heterocycles. The maximum Gasteiger partial charge on any atom is 0.268 e. The van der Waals surface area contributed by atoms with Gasteiger partial charge in [0, 0.05) is 48.3 Å². The number of amides is 1. The summed E-state index contributed by atoms with van der Waals surface area (Å²) in [7, 11) is 0. The summed E-state index contributed by atoms with van der Waals surface area (Å²) in [5, 5.41) is 9.73. The minimum atomic E-state index is -3.08. The van der Waals surface area contributed by atoms with Crippen molar-refractivity contribution in [1.29, 1.82) is 5.26 Å². The number of nitriles is 1. The molecule has 6 nitrogen and oxygen atoms in total. The fourth-order valence-corrected chi connectivity index (χ4v) is 3.97. The standard InChI is InChI=1S/C26H22F2N4O2/c1-17-2-3-19(15-31-17)5-4-18-6-7-23-22(12-18)21(10-11-30-23)24(33)8-9-25(34)32-16-26(27,28)13-20(32)14-29/h2-7,10-12,15,20H,8-9,13,16H2,1H3/b5-4+/t20-/m0/s1. The number of ketones is 1. The van der Waals surface area contributed by atoms with E-state index in [2.05, 4.69) is 9.97 Å². The molecule has 3 heterocycles.